The van der Waals surface area contributed by atoms with Gasteiger partial charge in [-0.2, -0.15) is 0 Å². The lowest BCUT2D eigenvalue weighted by Crippen LogP contribution is -2.29. The molecule has 3 aromatic rings. The number of benzene rings is 2. The second-order valence-electron chi connectivity index (χ2n) is 7.14. The van der Waals surface area contributed by atoms with Gasteiger partial charge in [-0.25, -0.2) is 0 Å². The highest BCUT2D eigenvalue weighted by Gasteiger charge is 2.46. The van der Waals surface area contributed by atoms with Crippen LogP contribution in [-0.4, -0.2) is 11.3 Å². The van der Waals surface area contributed by atoms with Crippen LogP contribution in [0.2, 0.25) is 10.0 Å². The SMILES string of the molecule is FC(F)(F)Oc1ccccc1-c1ccncc1C1(NCc2cc(Cl)ccc2Cl)CC1. The maximum absolute atomic E-state index is 12.9. The van der Waals surface area contributed by atoms with E-state index < -0.39 is 11.9 Å². The number of nitrogens with zero attached hydrogens (tertiary/aromatic N) is 1. The summed E-state index contributed by atoms with van der Waals surface area (Å²) in [6.45, 7) is 0.467. The van der Waals surface area contributed by atoms with Crippen LogP contribution in [-0.2, 0) is 12.1 Å². The summed E-state index contributed by atoms with van der Waals surface area (Å²) in [5.74, 6) is -0.244. The first-order chi connectivity index (χ1) is 14.3. The zero-order valence-electron chi connectivity index (χ0n) is 15.6. The molecule has 156 valence electrons. The van der Waals surface area contributed by atoms with Crippen molar-refractivity contribution in [2.45, 2.75) is 31.3 Å². The van der Waals surface area contributed by atoms with E-state index in [1.165, 1.54) is 12.1 Å². The molecule has 0 saturated heterocycles. The van der Waals surface area contributed by atoms with Gasteiger partial charge < -0.3 is 10.1 Å². The Morgan fingerprint density at radius 3 is 2.53 bits per heavy atom. The van der Waals surface area contributed by atoms with Crippen molar-refractivity contribution in [2.24, 2.45) is 0 Å². The summed E-state index contributed by atoms with van der Waals surface area (Å²) in [6.07, 6.45) is 0.132. The maximum atomic E-state index is 12.9. The van der Waals surface area contributed by atoms with Crippen molar-refractivity contribution >= 4 is 23.2 Å². The van der Waals surface area contributed by atoms with Gasteiger partial charge in [0.05, 0.1) is 0 Å². The first-order valence-corrected chi connectivity index (χ1v) is 10.0. The number of halogens is 5. The molecule has 0 radical (unpaired) electrons. The molecule has 8 heteroatoms. The molecule has 1 aromatic heterocycles. The van der Waals surface area contributed by atoms with E-state index in [9.17, 15) is 13.2 Å². The van der Waals surface area contributed by atoms with Gasteiger partial charge in [-0.15, -0.1) is 13.2 Å². The molecule has 2 aromatic carbocycles. The molecule has 3 nitrogen and oxygen atoms in total. The molecule has 1 aliphatic carbocycles. The number of alkyl halides is 3. The van der Waals surface area contributed by atoms with Crippen molar-refractivity contribution in [3.63, 3.8) is 0 Å². The highest BCUT2D eigenvalue weighted by molar-refractivity contribution is 6.33. The van der Waals surface area contributed by atoms with Crippen LogP contribution >= 0.6 is 23.2 Å². The summed E-state index contributed by atoms with van der Waals surface area (Å²) in [5.41, 5.74) is 2.27. The predicted molar refractivity (Wildman–Crippen MR) is 111 cm³/mol. The highest BCUT2D eigenvalue weighted by atomic mass is 35.5. The van der Waals surface area contributed by atoms with E-state index in [1.54, 1.807) is 48.8 Å². The normalized spacial score (nSPS) is 15.1. The van der Waals surface area contributed by atoms with Crippen molar-refractivity contribution in [1.29, 1.82) is 0 Å². The Morgan fingerprint density at radius 2 is 1.80 bits per heavy atom. The maximum Gasteiger partial charge on any atom is 0.573 e. The fourth-order valence-electron chi connectivity index (χ4n) is 3.52. The number of hydrogen-bond donors (Lipinski definition) is 1. The summed E-state index contributed by atoms with van der Waals surface area (Å²) < 4.78 is 42.9. The molecule has 1 saturated carbocycles. The average Bonchev–Trinajstić information content (AvgIpc) is 3.49. The van der Waals surface area contributed by atoms with Gasteiger partial charge in [-0.05, 0) is 59.9 Å². The summed E-state index contributed by atoms with van der Waals surface area (Å²) in [6, 6.07) is 13.1. The number of pyridine rings is 1. The third-order valence-electron chi connectivity index (χ3n) is 5.11. The first kappa shape index (κ1) is 21.0. The quantitative estimate of drug-likeness (QED) is 0.449. The van der Waals surface area contributed by atoms with E-state index in [4.69, 9.17) is 23.2 Å². The Labute approximate surface area is 181 Å². The fraction of sp³-hybridized carbons (Fsp3) is 0.227. The molecule has 1 aliphatic rings. The Kier molecular flexibility index (Phi) is 5.66. The molecule has 0 bridgehead atoms. The van der Waals surface area contributed by atoms with Crippen LogP contribution in [0.5, 0.6) is 5.75 Å². The highest BCUT2D eigenvalue weighted by Crippen LogP contribution is 2.50. The van der Waals surface area contributed by atoms with Crippen LogP contribution < -0.4 is 10.1 Å². The van der Waals surface area contributed by atoms with Gasteiger partial charge in [0.25, 0.3) is 0 Å². The van der Waals surface area contributed by atoms with Gasteiger partial charge in [0.15, 0.2) is 0 Å². The van der Waals surface area contributed by atoms with E-state index in [2.05, 4.69) is 15.0 Å². The van der Waals surface area contributed by atoms with Crippen LogP contribution in [0.4, 0.5) is 13.2 Å². The topological polar surface area (TPSA) is 34.1 Å². The van der Waals surface area contributed by atoms with Crippen molar-refractivity contribution < 1.29 is 17.9 Å². The second-order valence-corrected chi connectivity index (χ2v) is 7.98. The summed E-state index contributed by atoms with van der Waals surface area (Å²) in [5, 5.41) is 4.68. The van der Waals surface area contributed by atoms with Gasteiger partial charge in [-0.1, -0.05) is 41.4 Å². The van der Waals surface area contributed by atoms with Crippen LogP contribution in [0.15, 0.2) is 60.9 Å². The lowest BCUT2D eigenvalue weighted by atomic mass is 9.94. The van der Waals surface area contributed by atoms with Crippen LogP contribution in [0.1, 0.15) is 24.0 Å². The zero-order valence-corrected chi connectivity index (χ0v) is 17.2. The Bertz CT molecular complexity index is 1070. The molecule has 0 aliphatic heterocycles. The molecule has 1 heterocycles. The standard InChI is InChI=1S/C22H17Cl2F3N2O/c23-15-5-6-19(24)14(11-15)12-29-21(8-9-21)18-13-28-10-7-16(18)17-3-1-2-4-20(17)30-22(25,26)27/h1-7,10-11,13,29H,8-9,12H2. The van der Waals surface area contributed by atoms with Crippen LogP contribution in [0, 0.1) is 0 Å². The smallest absolute Gasteiger partial charge is 0.405 e. The molecule has 1 fully saturated rings. The Hall–Kier alpha value is -2.28. The van der Waals surface area contributed by atoms with Crippen LogP contribution in [0.3, 0.4) is 0 Å². The van der Waals surface area contributed by atoms with Crippen molar-refractivity contribution in [1.82, 2.24) is 10.3 Å². The van der Waals surface area contributed by atoms with Crippen LogP contribution in [0.25, 0.3) is 11.1 Å². The Morgan fingerprint density at radius 1 is 1.03 bits per heavy atom. The average molecular weight is 453 g/mol. The lowest BCUT2D eigenvalue weighted by molar-refractivity contribution is -0.274. The summed E-state index contributed by atoms with van der Waals surface area (Å²) in [4.78, 5) is 4.22. The van der Waals surface area contributed by atoms with E-state index in [0.29, 0.717) is 27.7 Å². The minimum Gasteiger partial charge on any atom is -0.405 e. The number of para-hydroxylation sites is 1. The van der Waals surface area contributed by atoms with E-state index in [-0.39, 0.29) is 5.75 Å². The van der Waals surface area contributed by atoms with Gasteiger partial charge in [0.1, 0.15) is 5.75 Å². The minimum atomic E-state index is -4.78. The zero-order chi connectivity index (χ0) is 21.4. The third kappa shape index (κ3) is 4.56. The predicted octanol–water partition coefficient (Wildman–Crippen LogP) is 6.73. The van der Waals surface area contributed by atoms with Crippen molar-refractivity contribution in [3.05, 3.63) is 82.1 Å². The summed E-state index contributed by atoms with van der Waals surface area (Å²) in [7, 11) is 0. The van der Waals surface area contributed by atoms with E-state index >= 15 is 0 Å². The van der Waals surface area contributed by atoms with Gasteiger partial charge in [-0.3, -0.25) is 4.98 Å². The molecule has 0 unspecified atom stereocenters. The summed E-state index contributed by atoms with van der Waals surface area (Å²) >= 11 is 12.3. The number of nitrogens with one attached hydrogen (secondary N) is 1. The molecular weight excluding hydrogens is 436 g/mol. The lowest BCUT2D eigenvalue weighted by Gasteiger charge is -2.23. The van der Waals surface area contributed by atoms with Crippen molar-refractivity contribution in [2.75, 3.05) is 0 Å². The molecular formula is C22H17Cl2F3N2O. The Balaban J connectivity index is 1.67. The van der Waals surface area contributed by atoms with E-state index in [1.807, 2.05) is 0 Å². The first-order valence-electron chi connectivity index (χ1n) is 9.26. The number of hydrogen-bond acceptors (Lipinski definition) is 3. The molecule has 4 rings (SSSR count). The fourth-order valence-corrected chi connectivity index (χ4v) is 3.90. The van der Waals surface area contributed by atoms with Crippen molar-refractivity contribution in [3.8, 4) is 16.9 Å². The van der Waals surface area contributed by atoms with Gasteiger partial charge >= 0.3 is 6.36 Å². The monoisotopic (exact) mass is 452 g/mol. The molecule has 0 atom stereocenters. The number of ether oxygens (including phenoxy) is 1. The largest absolute Gasteiger partial charge is 0.573 e. The molecule has 0 amide bonds. The number of rotatable bonds is 6. The molecule has 0 spiro atoms. The molecule has 30 heavy (non-hydrogen) atoms. The number of aromatic nitrogens is 1. The second kappa shape index (κ2) is 8.10. The van der Waals surface area contributed by atoms with Gasteiger partial charge in [0.2, 0.25) is 0 Å². The molecule has 1 N–H and O–H groups in total. The third-order valence-corrected chi connectivity index (χ3v) is 5.72. The van der Waals surface area contributed by atoms with Gasteiger partial charge in [0, 0.05) is 40.1 Å². The minimum absolute atomic E-state index is 0.244. The van der Waals surface area contributed by atoms with E-state index in [0.717, 1.165) is 24.0 Å².